The summed E-state index contributed by atoms with van der Waals surface area (Å²) < 4.78 is 38.2. The second-order valence-corrected chi connectivity index (χ2v) is 5.71. The molecular formula is C17H14F3N3O3. The number of oxime groups is 1. The summed E-state index contributed by atoms with van der Waals surface area (Å²) in [7, 11) is 0. The predicted molar refractivity (Wildman–Crippen MR) is 85.1 cm³/mol. The minimum Gasteiger partial charge on any atom is -0.350 e. The average molecular weight is 365 g/mol. The Morgan fingerprint density at radius 2 is 2.00 bits per heavy atom. The fourth-order valence-electron chi connectivity index (χ4n) is 2.33. The highest BCUT2D eigenvalue weighted by Gasteiger charge is 2.60. The first-order valence-corrected chi connectivity index (χ1v) is 7.60. The first-order valence-electron chi connectivity index (χ1n) is 7.60. The lowest BCUT2D eigenvalue weighted by Crippen LogP contribution is -2.45. The first kappa shape index (κ1) is 17.9. The van der Waals surface area contributed by atoms with Crippen molar-refractivity contribution in [2.24, 2.45) is 5.16 Å². The number of hydrogen-bond acceptors (Lipinski definition) is 5. The van der Waals surface area contributed by atoms with Crippen LogP contribution in [0.3, 0.4) is 0 Å². The quantitative estimate of drug-likeness (QED) is 0.871. The number of hydrogen-bond donors (Lipinski definition) is 2. The Hall–Kier alpha value is -2.94. The molecule has 0 aliphatic carbocycles. The number of amides is 1. The maximum absolute atomic E-state index is 12.7. The van der Waals surface area contributed by atoms with Crippen LogP contribution in [0.2, 0.25) is 0 Å². The van der Waals surface area contributed by atoms with Crippen LogP contribution in [-0.4, -0.2) is 33.7 Å². The van der Waals surface area contributed by atoms with E-state index in [9.17, 15) is 23.1 Å². The van der Waals surface area contributed by atoms with Crippen molar-refractivity contribution >= 4 is 11.6 Å². The zero-order valence-electron chi connectivity index (χ0n) is 13.3. The summed E-state index contributed by atoms with van der Waals surface area (Å²) in [5.74, 6) is -3.58. The predicted octanol–water partition coefficient (Wildman–Crippen LogP) is 2.39. The third-order valence-corrected chi connectivity index (χ3v) is 3.82. The largest absolute Gasteiger partial charge is 0.458 e. The number of benzene rings is 1. The maximum atomic E-state index is 12.7. The number of carbonyl (C=O) groups excluding carboxylic acids is 1. The third-order valence-electron chi connectivity index (χ3n) is 3.82. The molecule has 1 aromatic carbocycles. The molecule has 2 heterocycles. The second kappa shape index (κ2) is 6.75. The van der Waals surface area contributed by atoms with Gasteiger partial charge >= 0.3 is 12.0 Å². The SMILES string of the molecule is O=C(NCc1ccc(C2=NOC(O)(C(F)(F)F)C2)cc1)c1cccnc1. The van der Waals surface area contributed by atoms with Gasteiger partial charge in [0, 0.05) is 18.9 Å². The molecule has 1 amide bonds. The summed E-state index contributed by atoms with van der Waals surface area (Å²) in [5, 5.41) is 15.5. The molecule has 0 fully saturated rings. The summed E-state index contributed by atoms with van der Waals surface area (Å²) in [6.45, 7) is 0.240. The van der Waals surface area contributed by atoms with Gasteiger partial charge in [-0.25, -0.2) is 0 Å². The number of carbonyl (C=O) groups is 1. The molecule has 9 heteroatoms. The second-order valence-electron chi connectivity index (χ2n) is 5.71. The van der Waals surface area contributed by atoms with E-state index in [2.05, 4.69) is 20.3 Å². The van der Waals surface area contributed by atoms with Crippen molar-refractivity contribution in [3.8, 4) is 0 Å². The van der Waals surface area contributed by atoms with Crippen LogP contribution in [0, 0.1) is 0 Å². The lowest BCUT2D eigenvalue weighted by Gasteiger charge is -2.22. The van der Waals surface area contributed by atoms with Gasteiger partial charge in [-0.2, -0.15) is 13.2 Å². The van der Waals surface area contributed by atoms with Crippen LogP contribution < -0.4 is 5.32 Å². The van der Waals surface area contributed by atoms with Crippen molar-refractivity contribution in [3.63, 3.8) is 0 Å². The monoisotopic (exact) mass is 365 g/mol. The van der Waals surface area contributed by atoms with Crippen molar-refractivity contribution in [3.05, 3.63) is 65.5 Å². The Kier molecular flexibility index (Phi) is 4.64. The zero-order valence-corrected chi connectivity index (χ0v) is 13.3. The lowest BCUT2D eigenvalue weighted by molar-refractivity contribution is -0.355. The molecule has 0 saturated heterocycles. The van der Waals surface area contributed by atoms with Gasteiger partial charge in [-0.3, -0.25) is 9.78 Å². The number of halogens is 3. The molecule has 1 aromatic heterocycles. The van der Waals surface area contributed by atoms with Gasteiger partial charge in [0.2, 0.25) is 0 Å². The van der Waals surface area contributed by atoms with Crippen molar-refractivity contribution in [1.82, 2.24) is 10.3 Å². The number of aliphatic hydroxyl groups is 1. The summed E-state index contributed by atoms with van der Waals surface area (Å²) >= 11 is 0. The van der Waals surface area contributed by atoms with Gasteiger partial charge in [0.05, 0.1) is 17.7 Å². The molecule has 136 valence electrons. The minimum absolute atomic E-state index is 0.00392. The molecule has 1 unspecified atom stereocenters. The Morgan fingerprint density at radius 3 is 2.58 bits per heavy atom. The van der Waals surface area contributed by atoms with Crippen molar-refractivity contribution in [2.45, 2.75) is 24.9 Å². The van der Waals surface area contributed by atoms with E-state index in [1.807, 2.05) is 0 Å². The van der Waals surface area contributed by atoms with Gasteiger partial charge in [-0.05, 0) is 23.3 Å². The molecule has 26 heavy (non-hydrogen) atoms. The van der Waals surface area contributed by atoms with E-state index in [1.54, 1.807) is 42.6 Å². The highest BCUT2D eigenvalue weighted by molar-refractivity contribution is 6.01. The van der Waals surface area contributed by atoms with Crippen LogP contribution in [0.15, 0.2) is 53.9 Å². The van der Waals surface area contributed by atoms with Gasteiger partial charge in [0.15, 0.2) is 0 Å². The van der Waals surface area contributed by atoms with E-state index in [0.29, 0.717) is 11.1 Å². The van der Waals surface area contributed by atoms with Gasteiger partial charge in [0.25, 0.3) is 5.91 Å². The molecule has 2 aromatic rings. The van der Waals surface area contributed by atoms with Gasteiger partial charge in [0.1, 0.15) is 0 Å². The van der Waals surface area contributed by atoms with E-state index < -0.39 is 18.4 Å². The number of aromatic nitrogens is 1. The summed E-state index contributed by atoms with van der Waals surface area (Å²) in [6.07, 6.45) is -2.72. The molecule has 6 nitrogen and oxygen atoms in total. The molecule has 2 N–H and O–H groups in total. The normalized spacial score (nSPS) is 19.6. The standard InChI is InChI=1S/C17H14F3N3O3/c18-17(19,20)16(25)8-14(23-26-16)12-5-3-11(4-6-12)9-22-15(24)13-2-1-7-21-10-13/h1-7,10,25H,8-9H2,(H,22,24). The number of nitrogens with one attached hydrogen (secondary N) is 1. The molecule has 0 spiro atoms. The Balaban J connectivity index is 1.60. The maximum Gasteiger partial charge on any atom is 0.458 e. The Morgan fingerprint density at radius 1 is 1.27 bits per heavy atom. The van der Waals surface area contributed by atoms with Crippen LogP contribution in [-0.2, 0) is 11.4 Å². The molecule has 1 aliphatic rings. The number of rotatable bonds is 4. The topological polar surface area (TPSA) is 83.8 Å². The van der Waals surface area contributed by atoms with Crippen LogP contribution in [0.4, 0.5) is 13.2 Å². The van der Waals surface area contributed by atoms with Gasteiger partial charge < -0.3 is 15.3 Å². The number of pyridine rings is 1. The molecule has 0 bridgehead atoms. The van der Waals surface area contributed by atoms with E-state index in [-0.39, 0.29) is 18.2 Å². The number of nitrogens with zero attached hydrogens (tertiary/aromatic N) is 2. The van der Waals surface area contributed by atoms with Crippen molar-refractivity contribution in [1.29, 1.82) is 0 Å². The van der Waals surface area contributed by atoms with Gasteiger partial charge in [-0.1, -0.05) is 29.4 Å². The Bertz CT molecular complexity index is 823. The van der Waals surface area contributed by atoms with E-state index >= 15 is 0 Å². The third kappa shape index (κ3) is 3.67. The summed E-state index contributed by atoms with van der Waals surface area (Å²) in [6, 6.07) is 9.67. The lowest BCUT2D eigenvalue weighted by atomic mass is 10.0. The highest BCUT2D eigenvalue weighted by atomic mass is 19.4. The molecule has 0 saturated carbocycles. The highest BCUT2D eigenvalue weighted by Crippen LogP contribution is 2.38. The first-order chi connectivity index (χ1) is 12.3. The minimum atomic E-state index is -4.94. The summed E-state index contributed by atoms with van der Waals surface area (Å²) in [4.78, 5) is 20.0. The zero-order chi connectivity index (χ0) is 18.8. The van der Waals surface area contributed by atoms with E-state index in [0.717, 1.165) is 5.56 Å². The van der Waals surface area contributed by atoms with Crippen LogP contribution in [0.1, 0.15) is 27.9 Å². The van der Waals surface area contributed by atoms with Crippen LogP contribution >= 0.6 is 0 Å². The molecule has 1 aliphatic heterocycles. The molecule has 1 atom stereocenters. The fraction of sp³-hybridized carbons (Fsp3) is 0.235. The molecular weight excluding hydrogens is 351 g/mol. The average Bonchev–Trinajstić information content (AvgIpc) is 3.04. The summed E-state index contributed by atoms with van der Waals surface area (Å²) in [5.41, 5.74) is 1.56. The number of alkyl halides is 3. The van der Waals surface area contributed by atoms with Gasteiger partial charge in [-0.15, -0.1) is 0 Å². The van der Waals surface area contributed by atoms with Crippen molar-refractivity contribution < 1.29 is 27.9 Å². The van der Waals surface area contributed by atoms with Crippen LogP contribution in [0.5, 0.6) is 0 Å². The smallest absolute Gasteiger partial charge is 0.350 e. The van der Waals surface area contributed by atoms with E-state index in [1.165, 1.54) is 6.20 Å². The molecule has 0 radical (unpaired) electrons. The molecule has 3 rings (SSSR count). The fourth-order valence-corrected chi connectivity index (χ4v) is 2.33. The van der Waals surface area contributed by atoms with Crippen LogP contribution in [0.25, 0.3) is 0 Å². The van der Waals surface area contributed by atoms with E-state index in [4.69, 9.17) is 0 Å². The van der Waals surface area contributed by atoms with Crippen molar-refractivity contribution in [2.75, 3.05) is 0 Å². The Labute approximate surface area is 146 Å².